The van der Waals surface area contributed by atoms with E-state index in [1.165, 1.54) is 6.92 Å². The quantitative estimate of drug-likeness (QED) is 0.624. The fourth-order valence-corrected chi connectivity index (χ4v) is 4.01. The van der Waals surface area contributed by atoms with Gasteiger partial charge in [0.05, 0.1) is 10.1 Å². The first-order valence-electron chi connectivity index (χ1n) is 5.67. The molecule has 0 bridgehead atoms. The van der Waals surface area contributed by atoms with Crippen molar-refractivity contribution in [2.24, 2.45) is 0 Å². The molecule has 1 aromatic rings. The third-order valence-electron chi connectivity index (χ3n) is 2.31. The van der Waals surface area contributed by atoms with Crippen LogP contribution in [0.2, 0.25) is 0 Å². The first-order chi connectivity index (χ1) is 8.10. The third kappa shape index (κ3) is 3.96. The number of hydrogen-bond acceptors (Lipinski definition) is 4. The number of Topliss-reactive ketones (excluding diaryl/α,β-unsaturated/α-hetero) is 1. The van der Waals surface area contributed by atoms with Gasteiger partial charge in [0.1, 0.15) is 5.75 Å². The van der Waals surface area contributed by atoms with E-state index >= 15 is 0 Å². The van der Waals surface area contributed by atoms with Gasteiger partial charge in [-0.25, -0.2) is 0 Å². The van der Waals surface area contributed by atoms with Crippen molar-refractivity contribution in [1.29, 1.82) is 0 Å². The maximum Gasteiger partial charge on any atom is 0.163 e. The molecule has 0 radical (unpaired) electrons. The van der Waals surface area contributed by atoms with Crippen LogP contribution in [0.1, 0.15) is 41.3 Å². The van der Waals surface area contributed by atoms with Crippen molar-refractivity contribution in [1.82, 2.24) is 0 Å². The summed E-state index contributed by atoms with van der Waals surface area (Å²) in [6, 6.07) is 5.33. The molecule has 0 aliphatic carbocycles. The molecule has 0 saturated heterocycles. The summed E-state index contributed by atoms with van der Waals surface area (Å²) in [5.41, 5.74) is 1.52. The smallest absolute Gasteiger partial charge is 0.163 e. The van der Waals surface area contributed by atoms with E-state index in [2.05, 4.69) is 13.8 Å². The Morgan fingerprint density at radius 1 is 1.29 bits per heavy atom. The summed E-state index contributed by atoms with van der Waals surface area (Å²) in [6.07, 6.45) is 0. The third-order valence-corrected chi connectivity index (χ3v) is 4.94. The highest BCUT2D eigenvalue weighted by molar-refractivity contribution is 8.16. The Bertz CT molecular complexity index is 385. The van der Waals surface area contributed by atoms with Gasteiger partial charge in [-0.05, 0) is 36.1 Å². The van der Waals surface area contributed by atoms with E-state index in [1.807, 2.05) is 35.7 Å². The number of carbonyl (C=O) groups is 1. The average molecular weight is 270 g/mol. The lowest BCUT2D eigenvalue weighted by Crippen LogP contribution is -1.97. The number of benzene rings is 1. The van der Waals surface area contributed by atoms with E-state index in [0.717, 1.165) is 17.1 Å². The van der Waals surface area contributed by atoms with E-state index in [4.69, 9.17) is 0 Å². The van der Waals surface area contributed by atoms with Gasteiger partial charge in [-0.3, -0.25) is 4.79 Å². The number of thioether (sulfide) groups is 2. The van der Waals surface area contributed by atoms with E-state index in [-0.39, 0.29) is 11.5 Å². The summed E-state index contributed by atoms with van der Waals surface area (Å²) in [5, 5.41) is 9.61. The van der Waals surface area contributed by atoms with Gasteiger partial charge in [0, 0.05) is 0 Å². The van der Waals surface area contributed by atoms with Gasteiger partial charge < -0.3 is 5.11 Å². The molecule has 1 N–H and O–H groups in total. The number of ketones is 1. The molecule has 1 rings (SSSR count). The van der Waals surface area contributed by atoms with Gasteiger partial charge in [-0.1, -0.05) is 19.9 Å². The van der Waals surface area contributed by atoms with Crippen LogP contribution < -0.4 is 0 Å². The van der Waals surface area contributed by atoms with Crippen molar-refractivity contribution >= 4 is 29.3 Å². The number of rotatable bonds is 6. The first-order valence-corrected chi connectivity index (χ1v) is 7.76. The molecule has 0 amide bonds. The van der Waals surface area contributed by atoms with Gasteiger partial charge in [0.2, 0.25) is 0 Å². The van der Waals surface area contributed by atoms with Gasteiger partial charge >= 0.3 is 0 Å². The van der Waals surface area contributed by atoms with E-state index < -0.39 is 0 Å². The second-order valence-corrected chi connectivity index (χ2v) is 6.64. The summed E-state index contributed by atoms with van der Waals surface area (Å²) in [6.45, 7) is 5.73. The molecule has 4 heteroatoms. The molecular weight excluding hydrogens is 252 g/mol. The van der Waals surface area contributed by atoms with E-state index in [0.29, 0.717) is 10.1 Å². The van der Waals surface area contributed by atoms with Crippen molar-refractivity contribution in [3.8, 4) is 5.75 Å². The highest BCUT2D eigenvalue weighted by Crippen LogP contribution is 2.40. The maximum atomic E-state index is 11.4. The predicted molar refractivity (Wildman–Crippen MR) is 77.1 cm³/mol. The molecule has 0 heterocycles. The van der Waals surface area contributed by atoms with Crippen molar-refractivity contribution in [3.05, 3.63) is 29.3 Å². The SMILES string of the molecule is CCSC(SCC)c1ccc(O)c(C(C)=O)c1. The minimum Gasteiger partial charge on any atom is -0.507 e. The zero-order chi connectivity index (χ0) is 12.8. The van der Waals surface area contributed by atoms with Crippen LogP contribution in [-0.2, 0) is 0 Å². The largest absolute Gasteiger partial charge is 0.507 e. The molecule has 0 atom stereocenters. The minimum atomic E-state index is -0.0916. The fraction of sp³-hybridized carbons (Fsp3) is 0.462. The van der Waals surface area contributed by atoms with Gasteiger partial charge in [-0.15, -0.1) is 23.5 Å². The highest BCUT2D eigenvalue weighted by Gasteiger charge is 2.14. The van der Waals surface area contributed by atoms with Crippen LogP contribution in [0.15, 0.2) is 18.2 Å². The monoisotopic (exact) mass is 270 g/mol. The number of phenols is 1. The molecule has 17 heavy (non-hydrogen) atoms. The van der Waals surface area contributed by atoms with Crippen molar-refractivity contribution in [2.75, 3.05) is 11.5 Å². The number of aromatic hydroxyl groups is 1. The van der Waals surface area contributed by atoms with Gasteiger partial charge in [-0.2, -0.15) is 0 Å². The molecule has 0 saturated carbocycles. The Kier molecular flexibility index (Phi) is 5.92. The Balaban J connectivity index is 3.03. The lowest BCUT2D eigenvalue weighted by Gasteiger charge is -2.16. The lowest BCUT2D eigenvalue weighted by molar-refractivity contribution is 0.101. The highest BCUT2D eigenvalue weighted by atomic mass is 32.2. The van der Waals surface area contributed by atoms with Gasteiger partial charge in [0.25, 0.3) is 0 Å². The zero-order valence-electron chi connectivity index (χ0n) is 10.4. The summed E-state index contributed by atoms with van der Waals surface area (Å²) in [7, 11) is 0. The first kappa shape index (κ1) is 14.5. The van der Waals surface area contributed by atoms with E-state index in [9.17, 15) is 9.90 Å². The molecule has 1 aromatic carbocycles. The van der Waals surface area contributed by atoms with Crippen LogP contribution in [0, 0.1) is 0 Å². The molecule has 94 valence electrons. The summed E-state index contributed by atoms with van der Waals surface area (Å²) in [5.74, 6) is 2.05. The standard InChI is InChI=1S/C13H18O2S2/c1-4-16-13(17-5-2)10-6-7-12(15)11(8-10)9(3)14/h6-8,13,15H,4-5H2,1-3H3. The molecule has 0 aliphatic heterocycles. The van der Waals surface area contributed by atoms with Crippen LogP contribution >= 0.6 is 23.5 Å². The molecule has 0 aromatic heterocycles. The molecule has 0 spiro atoms. The Morgan fingerprint density at radius 3 is 2.35 bits per heavy atom. The van der Waals surface area contributed by atoms with Gasteiger partial charge in [0.15, 0.2) is 5.78 Å². The zero-order valence-corrected chi connectivity index (χ0v) is 12.0. The summed E-state index contributed by atoms with van der Waals surface area (Å²) < 4.78 is 0.337. The van der Waals surface area contributed by atoms with Crippen LogP contribution in [0.3, 0.4) is 0 Å². The number of carbonyl (C=O) groups excluding carboxylic acids is 1. The lowest BCUT2D eigenvalue weighted by atomic mass is 10.1. The normalized spacial score (nSPS) is 10.8. The second-order valence-electron chi connectivity index (χ2n) is 3.58. The van der Waals surface area contributed by atoms with Crippen LogP contribution in [0.5, 0.6) is 5.75 Å². The summed E-state index contributed by atoms with van der Waals surface area (Å²) in [4.78, 5) is 11.4. The average Bonchev–Trinajstić information content (AvgIpc) is 2.29. The van der Waals surface area contributed by atoms with Crippen molar-refractivity contribution < 1.29 is 9.90 Å². The van der Waals surface area contributed by atoms with Crippen LogP contribution in [0.25, 0.3) is 0 Å². The van der Waals surface area contributed by atoms with Crippen molar-refractivity contribution in [3.63, 3.8) is 0 Å². The molecule has 0 fully saturated rings. The fourth-order valence-electron chi connectivity index (χ4n) is 1.53. The van der Waals surface area contributed by atoms with Crippen LogP contribution in [-0.4, -0.2) is 22.4 Å². The minimum absolute atomic E-state index is 0.0722. The molecule has 2 nitrogen and oxygen atoms in total. The maximum absolute atomic E-state index is 11.4. The summed E-state index contributed by atoms with van der Waals surface area (Å²) >= 11 is 3.70. The Hall–Kier alpha value is -0.610. The molecule has 0 unspecified atom stereocenters. The molecular formula is C13H18O2S2. The topological polar surface area (TPSA) is 37.3 Å². The van der Waals surface area contributed by atoms with Crippen molar-refractivity contribution in [2.45, 2.75) is 25.4 Å². The predicted octanol–water partition coefficient (Wildman–Crippen LogP) is 4.10. The number of hydrogen-bond donors (Lipinski definition) is 1. The van der Waals surface area contributed by atoms with Crippen LogP contribution in [0.4, 0.5) is 0 Å². The van der Waals surface area contributed by atoms with E-state index in [1.54, 1.807) is 6.07 Å². The Labute approximate surface area is 111 Å². The second kappa shape index (κ2) is 6.97. The Morgan fingerprint density at radius 2 is 1.88 bits per heavy atom. The number of phenolic OH excluding ortho intramolecular Hbond substituents is 1. The molecule has 0 aliphatic rings.